The van der Waals surface area contributed by atoms with Crippen LogP contribution in [0.4, 0.5) is 5.13 Å². The maximum atomic E-state index is 12.4. The molecule has 1 N–H and O–H groups in total. The van der Waals surface area contributed by atoms with Gasteiger partial charge in [-0.3, -0.25) is 9.59 Å². The first-order valence-corrected chi connectivity index (χ1v) is 9.52. The summed E-state index contributed by atoms with van der Waals surface area (Å²) >= 11 is 1.39. The Bertz CT molecular complexity index is 505. The number of carbonyl (C=O) groups excluding carboxylic acids is 2. The normalized spacial score (nSPS) is 10.6. The zero-order chi connectivity index (χ0) is 17.8. The Hall–Kier alpha value is -1.47. The molecule has 6 nitrogen and oxygen atoms in total. The van der Waals surface area contributed by atoms with Crippen molar-refractivity contribution < 1.29 is 14.3 Å². The zero-order valence-corrected chi connectivity index (χ0v) is 15.8. The first kappa shape index (κ1) is 20.6. The van der Waals surface area contributed by atoms with Gasteiger partial charge in [0, 0.05) is 31.6 Å². The van der Waals surface area contributed by atoms with Gasteiger partial charge in [-0.15, -0.1) is 11.3 Å². The first-order chi connectivity index (χ1) is 11.6. The Morgan fingerprint density at radius 1 is 1.29 bits per heavy atom. The molecule has 0 saturated carbocycles. The standard InChI is InChI=1S/C17H29N3O3S/c1-4-6-7-9-16(22)20(10-8-11-23-5-2)12-15(21)19-17-18-14(3)13-24-17/h13H,4-12H2,1-3H3,(H,18,19,21). The number of hydrogen-bond acceptors (Lipinski definition) is 5. The molecule has 0 unspecified atom stereocenters. The van der Waals surface area contributed by atoms with E-state index >= 15 is 0 Å². The van der Waals surface area contributed by atoms with Gasteiger partial charge in [0.2, 0.25) is 11.8 Å². The molecule has 24 heavy (non-hydrogen) atoms. The molecule has 0 aliphatic carbocycles. The lowest BCUT2D eigenvalue weighted by Crippen LogP contribution is -2.39. The van der Waals surface area contributed by atoms with Gasteiger partial charge in [-0.1, -0.05) is 19.8 Å². The molecule has 1 rings (SSSR count). The lowest BCUT2D eigenvalue weighted by atomic mass is 10.2. The van der Waals surface area contributed by atoms with Crippen molar-refractivity contribution in [3.63, 3.8) is 0 Å². The van der Waals surface area contributed by atoms with Gasteiger partial charge in [0.25, 0.3) is 0 Å². The van der Waals surface area contributed by atoms with Crippen LogP contribution in [0.3, 0.4) is 0 Å². The highest BCUT2D eigenvalue weighted by Crippen LogP contribution is 2.14. The lowest BCUT2D eigenvalue weighted by Gasteiger charge is -2.22. The second-order valence-corrected chi connectivity index (χ2v) is 6.52. The number of amides is 2. The van der Waals surface area contributed by atoms with E-state index in [9.17, 15) is 9.59 Å². The highest BCUT2D eigenvalue weighted by Gasteiger charge is 2.17. The number of thiazole rings is 1. The molecular formula is C17H29N3O3S. The smallest absolute Gasteiger partial charge is 0.245 e. The second kappa shape index (κ2) is 12.0. The fourth-order valence-electron chi connectivity index (χ4n) is 2.22. The van der Waals surface area contributed by atoms with E-state index in [4.69, 9.17) is 4.74 Å². The summed E-state index contributed by atoms with van der Waals surface area (Å²) in [6.07, 6.45) is 4.19. The fourth-order valence-corrected chi connectivity index (χ4v) is 2.93. The van der Waals surface area contributed by atoms with Crippen molar-refractivity contribution >= 4 is 28.3 Å². The highest BCUT2D eigenvalue weighted by atomic mass is 32.1. The second-order valence-electron chi connectivity index (χ2n) is 5.67. The van der Waals surface area contributed by atoms with Crippen molar-refractivity contribution in [2.75, 3.05) is 31.6 Å². The number of nitrogens with one attached hydrogen (secondary N) is 1. The Labute approximate surface area is 148 Å². The summed E-state index contributed by atoms with van der Waals surface area (Å²) in [5.74, 6) is -0.171. The predicted octanol–water partition coefficient (Wildman–Crippen LogP) is 3.23. The molecule has 1 aromatic rings. The molecule has 1 aromatic heterocycles. The van der Waals surface area contributed by atoms with Crippen LogP contribution in [0.5, 0.6) is 0 Å². The number of unbranched alkanes of at least 4 members (excludes halogenated alkanes) is 2. The van der Waals surface area contributed by atoms with Gasteiger partial charge in [0.05, 0.1) is 12.2 Å². The maximum Gasteiger partial charge on any atom is 0.245 e. The summed E-state index contributed by atoms with van der Waals surface area (Å²) in [6.45, 7) is 7.79. The van der Waals surface area contributed by atoms with Crippen molar-refractivity contribution in [2.24, 2.45) is 0 Å². The van der Waals surface area contributed by atoms with Crippen LogP contribution in [0.15, 0.2) is 5.38 Å². The van der Waals surface area contributed by atoms with E-state index in [0.29, 0.717) is 31.3 Å². The van der Waals surface area contributed by atoms with E-state index in [1.165, 1.54) is 11.3 Å². The molecule has 0 saturated heterocycles. The summed E-state index contributed by atoms with van der Waals surface area (Å²) in [6, 6.07) is 0. The van der Waals surface area contributed by atoms with Crippen LogP contribution in [0.25, 0.3) is 0 Å². The van der Waals surface area contributed by atoms with Gasteiger partial charge in [-0.25, -0.2) is 4.98 Å². The summed E-state index contributed by atoms with van der Waals surface area (Å²) in [5, 5.41) is 5.21. The number of anilines is 1. The summed E-state index contributed by atoms with van der Waals surface area (Å²) in [5.41, 5.74) is 0.875. The average Bonchev–Trinajstić information content (AvgIpc) is 2.95. The van der Waals surface area contributed by atoms with Crippen LogP contribution in [0.2, 0.25) is 0 Å². The van der Waals surface area contributed by atoms with Crippen LogP contribution in [-0.2, 0) is 14.3 Å². The van der Waals surface area contributed by atoms with E-state index in [0.717, 1.165) is 31.4 Å². The van der Waals surface area contributed by atoms with Crippen LogP contribution in [0, 0.1) is 6.92 Å². The predicted molar refractivity (Wildman–Crippen MR) is 97.3 cm³/mol. The topological polar surface area (TPSA) is 71.5 Å². The van der Waals surface area contributed by atoms with Crippen LogP contribution in [0.1, 0.15) is 51.6 Å². The first-order valence-electron chi connectivity index (χ1n) is 8.64. The SMILES string of the molecule is CCCCCC(=O)N(CCCOCC)CC(=O)Nc1nc(C)cs1. The minimum atomic E-state index is -0.204. The third-order valence-electron chi connectivity index (χ3n) is 3.47. The maximum absolute atomic E-state index is 12.4. The van der Waals surface area contributed by atoms with E-state index in [1.807, 2.05) is 19.2 Å². The van der Waals surface area contributed by atoms with Gasteiger partial charge in [0.1, 0.15) is 0 Å². The van der Waals surface area contributed by atoms with Crippen molar-refractivity contribution in [2.45, 2.75) is 52.9 Å². The van der Waals surface area contributed by atoms with Crippen LogP contribution >= 0.6 is 11.3 Å². The molecular weight excluding hydrogens is 326 g/mol. The minimum Gasteiger partial charge on any atom is -0.382 e. The third-order valence-corrected chi connectivity index (χ3v) is 4.34. The van der Waals surface area contributed by atoms with Crippen molar-refractivity contribution in [1.29, 1.82) is 0 Å². The van der Waals surface area contributed by atoms with E-state index in [-0.39, 0.29) is 18.4 Å². The Morgan fingerprint density at radius 2 is 2.08 bits per heavy atom. The van der Waals surface area contributed by atoms with Crippen molar-refractivity contribution in [3.05, 3.63) is 11.1 Å². The largest absolute Gasteiger partial charge is 0.382 e. The fraction of sp³-hybridized carbons (Fsp3) is 0.706. The highest BCUT2D eigenvalue weighted by molar-refractivity contribution is 7.13. The van der Waals surface area contributed by atoms with Crippen molar-refractivity contribution in [3.8, 4) is 0 Å². The molecule has 0 aliphatic heterocycles. The van der Waals surface area contributed by atoms with E-state index in [2.05, 4.69) is 17.2 Å². The molecule has 1 heterocycles. The molecule has 2 amide bonds. The van der Waals surface area contributed by atoms with E-state index < -0.39 is 0 Å². The number of aryl methyl sites for hydroxylation is 1. The molecule has 136 valence electrons. The molecule has 0 spiro atoms. The molecule has 0 aromatic carbocycles. The van der Waals surface area contributed by atoms with Crippen molar-refractivity contribution in [1.82, 2.24) is 9.88 Å². The minimum absolute atomic E-state index is 0.0328. The summed E-state index contributed by atoms with van der Waals surface area (Å²) < 4.78 is 5.32. The van der Waals surface area contributed by atoms with E-state index in [1.54, 1.807) is 4.90 Å². The Kier molecular flexibility index (Phi) is 10.3. The van der Waals surface area contributed by atoms with Gasteiger partial charge < -0.3 is 15.0 Å². The molecule has 0 radical (unpaired) electrons. The molecule has 0 aliphatic rings. The summed E-state index contributed by atoms with van der Waals surface area (Å²) in [7, 11) is 0. The number of carbonyl (C=O) groups is 2. The molecule has 0 atom stereocenters. The number of nitrogens with zero attached hydrogens (tertiary/aromatic N) is 2. The molecule has 0 bridgehead atoms. The molecule has 7 heteroatoms. The quantitative estimate of drug-likeness (QED) is 0.584. The Morgan fingerprint density at radius 3 is 2.71 bits per heavy atom. The monoisotopic (exact) mass is 355 g/mol. The van der Waals surface area contributed by atoms with Gasteiger partial charge in [0.15, 0.2) is 5.13 Å². The third kappa shape index (κ3) is 8.40. The van der Waals surface area contributed by atoms with Gasteiger partial charge in [-0.05, 0) is 26.7 Å². The summed E-state index contributed by atoms with van der Waals surface area (Å²) in [4.78, 5) is 30.4. The number of rotatable bonds is 12. The number of ether oxygens (including phenoxy) is 1. The van der Waals surface area contributed by atoms with Crippen LogP contribution < -0.4 is 5.32 Å². The number of hydrogen-bond donors (Lipinski definition) is 1. The van der Waals surface area contributed by atoms with Gasteiger partial charge in [-0.2, -0.15) is 0 Å². The number of aromatic nitrogens is 1. The van der Waals surface area contributed by atoms with Gasteiger partial charge >= 0.3 is 0 Å². The average molecular weight is 356 g/mol. The van der Waals surface area contributed by atoms with Crippen LogP contribution in [-0.4, -0.2) is 48.0 Å². The Balaban J connectivity index is 2.51. The lowest BCUT2D eigenvalue weighted by molar-refractivity contribution is -0.135. The molecule has 0 fully saturated rings. The zero-order valence-electron chi connectivity index (χ0n) is 15.0.